The van der Waals surface area contributed by atoms with Gasteiger partial charge in [0.2, 0.25) is 11.8 Å². The Morgan fingerprint density at radius 2 is 2.12 bits per heavy atom. The van der Waals surface area contributed by atoms with Crippen LogP contribution in [0.25, 0.3) is 0 Å². The van der Waals surface area contributed by atoms with E-state index in [1.54, 1.807) is 31.1 Å². The molecule has 0 saturated carbocycles. The average Bonchev–Trinajstić information content (AvgIpc) is 2.97. The minimum atomic E-state index is -0.223. The van der Waals surface area contributed by atoms with Gasteiger partial charge in [-0.15, -0.1) is 0 Å². The molecule has 0 spiro atoms. The van der Waals surface area contributed by atoms with Crippen molar-refractivity contribution in [2.24, 2.45) is 0 Å². The largest absolute Gasteiger partial charge is 0.495 e. The molecule has 1 saturated heterocycles. The van der Waals surface area contributed by atoms with Crippen molar-refractivity contribution in [2.45, 2.75) is 25.8 Å². The smallest absolute Gasteiger partial charge is 0.239 e. The Morgan fingerprint density at radius 3 is 2.75 bits per heavy atom. The summed E-state index contributed by atoms with van der Waals surface area (Å²) in [6.07, 6.45) is 1.70. The van der Waals surface area contributed by atoms with Crippen molar-refractivity contribution >= 4 is 29.1 Å². The summed E-state index contributed by atoms with van der Waals surface area (Å²) in [4.78, 5) is 28.1. The summed E-state index contributed by atoms with van der Waals surface area (Å²) in [5.41, 5.74) is 1.44. The molecule has 1 aliphatic heterocycles. The summed E-state index contributed by atoms with van der Waals surface area (Å²) in [5, 5.41) is 3.44. The predicted octanol–water partition coefficient (Wildman–Crippen LogP) is 2.15. The van der Waals surface area contributed by atoms with Gasteiger partial charge in [0.1, 0.15) is 5.75 Å². The first kappa shape index (κ1) is 18.5. The number of benzene rings is 1. The van der Waals surface area contributed by atoms with E-state index in [0.29, 0.717) is 16.5 Å². The van der Waals surface area contributed by atoms with Crippen LogP contribution < -0.4 is 10.1 Å². The lowest BCUT2D eigenvalue weighted by Gasteiger charge is -2.25. The molecule has 1 atom stereocenters. The number of rotatable bonds is 5. The molecule has 2 amide bonds. The summed E-state index contributed by atoms with van der Waals surface area (Å²) in [7, 11) is 5.00. The number of nitrogens with zero attached hydrogens (tertiary/aromatic N) is 2. The highest BCUT2D eigenvalue weighted by Crippen LogP contribution is 2.31. The Hall–Kier alpha value is -1.79. The number of halogens is 1. The monoisotopic (exact) mass is 353 g/mol. The van der Waals surface area contributed by atoms with E-state index < -0.39 is 0 Å². The lowest BCUT2D eigenvalue weighted by molar-refractivity contribution is -0.133. The molecule has 7 heteroatoms. The second-order valence-electron chi connectivity index (χ2n) is 6.21. The van der Waals surface area contributed by atoms with Gasteiger partial charge in [-0.25, -0.2) is 0 Å². The Labute approximate surface area is 147 Å². The van der Waals surface area contributed by atoms with Crippen molar-refractivity contribution in [2.75, 3.05) is 39.6 Å². The number of anilines is 1. The normalized spacial score (nSPS) is 17.6. The van der Waals surface area contributed by atoms with E-state index in [-0.39, 0.29) is 24.4 Å². The number of aryl methyl sites for hydroxylation is 1. The fourth-order valence-electron chi connectivity index (χ4n) is 2.90. The van der Waals surface area contributed by atoms with Gasteiger partial charge in [-0.05, 0) is 37.9 Å². The highest BCUT2D eigenvalue weighted by Gasteiger charge is 2.32. The van der Waals surface area contributed by atoms with Gasteiger partial charge in [-0.3, -0.25) is 14.5 Å². The van der Waals surface area contributed by atoms with Gasteiger partial charge in [0.25, 0.3) is 0 Å². The number of hydrogen-bond acceptors (Lipinski definition) is 4. The Balaban J connectivity index is 2.06. The zero-order chi connectivity index (χ0) is 17.9. The van der Waals surface area contributed by atoms with E-state index in [0.717, 1.165) is 24.9 Å². The fraction of sp³-hybridized carbons (Fsp3) is 0.529. The number of likely N-dealkylation sites (tertiary alicyclic amines) is 1. The van der Waals surface area contributed by atoms with Crippen LogP contribution in [0.2, 0.25) is 5.02 Å². The SMILES string of the molecule is COc1cc(Cl)c(C)cc1NC(=O)CN1CCCC1C(=O)N(C)C. The number of nitrogens with one attached hydrogen (secondary N) is 1. The predicted molar refractivity (Wildman–Crippen MR) is 94.7 cm³/mol. The van der Waals surface area contributed by atoms with Crippen molar-refractivity contribution in [1.82, 2.24) is 9.80 Å². The summed E-state index contributed by atoms with van der Waals surface area (Å²) in [5.74, 6) is 0.384. The molecular weight excluding hydrogens is 330 g/mol. The first-order valence-electron chi connectivity index (χ1n) is 7.92. The van der Waals surface area contributed by atoms with E-state index in [4.69, 9.17) is 16.3 Å². The van der Waals surface area contributed by atoms with Crippen LogP contribution in [0.5, 0.6) is 5.75 Å². The molecule has 1 aliphatic rings. The molecule has 1 unspecified atom stereocenters. The molecule has 1 fully saturated rings. The molecule has 1 aromatic carbocycles. The quantitative estimate of drug-likeness (QED) is 0.881. The van der Waals surface area contributed by atoms with Crippen LogP contribution >= 0.6 is 11.6 Å². The molecule has 6 nitrogen and oxygen atoms in total. The summed E-state index contributed by atoms with van der Waals surface area (Å²) in [6, 6.07) is 3.24. The summed E-state index contributed by atoms with van der Waals surface area (Å²) in [6.45, 7) is 2.78. The lowest BCUT2D eigenvalue weighted by Crippen LogP contribution is -2.45. The van der Waals surface area contributed by atoms with E-state index in [2.05, 4.69) is 5.32 Å². The second kappa shape index (κ2) is 7.85. The zero-order valence-corrected chi connectivity index (χ0v) is 15.3. The molecule has 0 bridgehead atoms. The highest BCUT2D eigenvalue weighted by atomic mass is 35.5. The van der Waals surface area contributed by atoms with Crippen molar-refractivity contribution in [1.29, 1.82) is 0 Å². The van der Waals surface area contributed by atoms with E-state index in [9.17, 15) is 9.59 Å². The van der Waals surface area contributed by atoms with Gasteiger partial charge < -0.3 is 15.0 Å². The molecular formula is C17H24ClN3O3. The van der Waals surface area contributed by atoms with Gasteiger partial charge in [-0.1, -0.05) is 11.6 Å². The van der Waals surface area contributed by atoms with E-state index in [1.165, 1.54) is 7.11 Å². The molecule has 24 heavy (non-hydrogen) atoms. The van der Waals surface area contributed by atoms with Crippen LogP contribution in [0.15, 0.2) is 12.1 Å². The third-order valence-electron chi connectivity index (χ3n) is 4.19. The first-order valence-corrected chi connectivity index (χ1v) is 8.30. The maximum Gasteiger partial charge on any atom is 0.239 e. The number of likely N-dealkylation sites (N-methyl/N-ethyl adjacent to an activating group) is 1. The molecule has 0 aliphatic carbocycles. The van der Waals surface area contributed by atoms with Crippen molar-refractivity contribution < 1.29 is 14.3 Å². The second-order valence-corrected chi connectivity index (χ2v) is 6.62. The van der Waals surface area contributed by atoms with Gasteiger partial charge in [0.15, 0.2) is 0 Å². The van der Waals surface area contributed by atoms with Gasteiger partial charge >= 0.3 is 0 Å². The fourth-order valence-corrected chi connectivity index (χ4v) is 3.05. The highest BCUT2D eigenvalue weighted by molar-refractivity contribution is 6.31. The van der Waals surface area contributed by atoms with Crippen molar-refractivity contribution in [3.8, 4) is 5.75 Å². The zero-order valence-electron chi connectivity index (χ0n) is 14.6. The number of carbonyl (C=O) groups is 2. The lowest BCUT2D eigenvalue weighted by atomic mass is 10.2. The third kappa shape index (κ3) is 4.19. The van der Waals surface area contributed by atoms with Crippen LogP contribution in [0.3, 0.4) is 0 Å². The van der Waals surface area contributed by atoms with Crippen molar-refractivity contribution in [3.63, 3.8) is 0 Å². The molecule has 2 rings (SSSR count). The van der Waals surface area contributed by atoms with Crippen LogP contribution in [-0.2, 0) is 9.59 Å². The van der Waals surface area contributed by atoms with Gasteiger partial charge in [-0.2, -0.15) is 0 Å². The van der Waals surface area contributed by atoms with E-state index >= 15 is 0 Å². The van der Waals surface area contributed by atoms with E-state index in [1.807, 2.05) is 11.8 Å². The summed E-state index contributed by atoms with van der Waals surface area (Å²) < 4.78 is 5.27. The van der Waals surface area contributed by atoms with Gasteiger partial charge in [0, 0.05) is 25.2 Å². The molecule has 132 valence electrons. The number of amides is 2. The maximum absolute atomic E-state index is 12.4. The molecule has 0 aromatic heterocycles. The number of hydrogen-bond donors (Lipinski definition) is 1. The van der Waals surface area contributed by atoms with Crippen LogP contribution in [0.4, 0.5) is 5.69 Å². The Morgan fingerprint density at radius 1 is 1.42 bits per heavy atom. The van der Waals surface area contributed by atoms with Gasteiger partial charge in [0.05, 0.1) is 25.4 Å². The minimum Gasteiger partial charge on any atom is -0.495 e. The molecule has 1 heterocycles. The van der Waals surface area contributed by atoms with Crippen molar-refractivity contribution in [3.05, 3.63) is 22.7 Å². The van der Waals surface area contributed by atoms with Crippen LogP contribution in [0.1, 0.15) is 18.4 Å². The summed E-state index contributed by atoms with van der Waals surface area (Å²) >= 11 is 6.08. The molecule has 0 radical (unpaired) electrons. The third-order valence-corrected chi connectivity index (χ3v) is 4.60. The molecule has 1 N–H and O–H groups in total. The number of carbonyl (C=O) groups excluding carboxylic acids is 2. The minimum absolute atomic E-state index is 0.0419. The average molecular weight is 354 g/mol. The van der Waals surface area contributed by atoms with Crippen LogP contribution in [-0.4, -0.2) is 62.0 Å². The standard InChI is InChI=1S/C17H24ClN3O3/c1-11-8-13(15(24-4)9-12(11)18)19-16(22)10-21-7-5-6-14(21)17(23)20(2)3/h8-9,14H,5-7,10H2,1-4H3,(H,19,22). The first-order chi connectivity index (χ1) is 11.3. The maximum atomic E-state index is 12.4. The molecule has 1 aromatic rings. The topological polar surface area (TPSA) is 61.9 Å². The Kier molecular flexibility index (Phi) is 6.07. The number of methoxy groups -OCH3 is 1. The number of ether oxygens (including phenoxy) is 1. The van der Waals surface area contributed by atoms with Crippen LogP contribution in [0, 0.1) is 6.92 Å². The Bertz CT molecular complexity index is 634.